The zero-order valence-electron chi connectivity index (χ0n) is 20.0. The Bertz CT molecular complexity index is 1400. The summed E-state index contributed by atoms with van der Waals surface area (Å²) in [4.78, 5) is 40.5. The molecule has 2 amide bonds. The molecule has 0 aliphatic carbocycles. The fourth-order valence-electron chi connectivity index (χ4n) is 5.03. The smallest absolute Gasteiger partial charge is 0.259 e. The van der Waals surface area contributed by atoms with Gasteiger partial charge in [0.1, 0.15) is 11.9 Å². The van der Waals surface area contributed by atoms with Gasteiger partial charge in [-0.2, -0.15) is 0 Å². The number of carbonyl (C=O) groups excluding carboxylic acids is 2. The van der Waals surface area contributed by atoms with Gasteiger partial charge in [-0.05, 0) is 42.2 Å². The third-order valence-corrected chi connectivity index (χ3v) is 8.17. The molecule has 0 saturated carbocycles. The average molecular weight is 495 g/mol. The van der Waals surface area contributed by atoms with Gasteiger partial charge in [0.2, 0.25) is 5.91 Å². The Morgan fingerprint density at radius 3 is 2.61 bits per heavy atom. The second-order valence-electron chi connectivity index (χ2n) is 9.13. The number of amidine groups is 2. The van der Waals surface area contributed by atoms with Crippen LogP contribution < -0.4 is 4.90 Å². The summed E-state index contributed by atoms with van der Waals surface area (Å²) in [7, 11) is 0. The molecular weight excluding hydrogens is 468 g/mol. The Labute approximate surface area is 214 Å². The SMILES string of the molecule is CCC(SC1=Nc2ccccc2C2=NC(Cc3ccccc3)C(=O)N12)C(=O)N1CCc2ccccc21. The number of thioether (sulfide) groups is 1. The second kappa shape index (κ2) is 9.39. The van der Waals surface area contributed by atoms with Gasteiger partial charge in [-0.15, -0.1) is 0 Å². The number of aliphatic imine (C=N–C) groups is 2. The summed E-state index contributed by atoms with van der Waals surface area (Å²) in [5.41, 5.74) is 4.87. The van der Waals surface area contributed by atoms with Crippen molar-refractivity contribution in [3.8, 4) is 0 Å². The number of hydrogen-bond donors (Lipinski definition) is 0. The third kappa shape index (κ3) is 3.93. The molecule has 0 spiro atoms. The number of hydrogen-bond acceptors (Lipinski definition) is 5. The molecule has 3 aliphatic rings. The number of rotatable bonds is 5. The first kappa shape index (κ1) is 22.7. The monoisotopic (exact) mass is 494 g/mol. The van der Waals surface area contributed by atoms with E-state index in [2.05, 4.69) is 6.07 Å². The lowest BCUT2D eigenvalue weighted by molar-refractivity contribution is -0.124. The molecule has 3 aromatic rings. The second-order valence-corrected chi connectivity index (χ2v) is 10.3. The minimum Gasteiger partial charge on any atom is -0.311 e. The molecule has 7 heteroatoms. The van der Waals surface area contributed by atoms with Crippen molar-refractivity contribution in [2.24, 2.45) is 9.98 Å². The molecule has 0 fully saturated rings. The number of carbonyl (C=O) groups is 2. The van der Waals surface area contributed by atoms with Gasteiger partial charge in [0.25, 0.3) is 5.91 Å². The highest BCUT2D eigenvalue weighted by atomic mass is 32.2. The van der Waals surface area contributed by atoms with Crippen molar-refractivity contribution < 1.29 is 9.59 Å². The van der Waals surface area contributed by atoms with Crippen LogP contribution in [-0.2, 0) is 22.4 Å². The minimum absolute atomic E-state index is 0.0555. The van der Waals surface area contributed by atoms with E-state index in [4.69, 9.17) is 9.98 Å². The molecule has 6 nitrogen and oxygen atoms in total. The van der Waals surface area contributed by atoms with E-state index >= 15 is 0 Å². The van der Waals surface area contributed by atoms with Crippen LogP contribution in [0.15, 0.2) is 88.8 Å². The summed E-state index contributed by atoms with van der Waals surface area (Å²) >= 11 is 1.37. The Morgan fingerprint density at radius 2 is 1.78 bits per heavy atom. The highest BCUT2D eigenvalue weighted by Crippen LogP contribution is 2.37. The Hall–Kier alpha value is -3.71. The number of nitrogens with zero attached hydrogens (tertiary/aromatic N) is 4. The number of amides is 2. The Morgan fingerprint density at radius 1 is 1.03 bits per heavy atom. The highest BCUT2D eigenvalue weighted by molar-refractivity contribution is 8.15. The van der Waals surface area contributed by atoms with E-state index in [9.17, 15) is 9.59 Å². The quantitative estimate of drug-likeness (QED) is 0.502. The molecule has 2 atom stereocenters. The topological polar surface area (TPSA) is 65.3 Å². The molecule has 0 aromatic heterocycles. The van der Waals surface area contributed by atoms with E-state index in [1.54, 1.807) is 4.90 Å². The van der Waals surface area contributed by atoms with Crippen LogP contribution >= 0.6 is 11.8 Å². The van der Waals surface area contributed by atoms with Crippen LogP contribution in [0.2, 0.25) is 0 Å². The molecule has 6 rings (SSSR count). The first-order valence-electron chi connectivity index (χ1n) is 12.3. The van der Waals surface area contributed by atoms with Crippen molar-refractivity contribution in [1.29, 1.82) is 0 Å². The molecule has 3 aromatic carbocycles. The fraction of sp³-hybridized carbons (Fsp3) is 0.241. The summed E-state index contributed by atoms with van der Waals surface area (Å²) in [6.07, 6.45) is 2.02. The van der Waals surface area contributed by atoms with Crippen molar-refractivity contribution in [2.75, 3.05) is 11.4 Å². The molecule has 0 bridgehead atoms. The number of benzene rings is 3. The van der Waals surface area contributed by atoms with Crippen molar-refractivity contribution in [3.05, 3.63) is 95.6 Å². The summed E-state index contributed by atoms with van der Waals surface area (Å²) in [5.74, 6) is 0.589. The van der Waals surface area contributed by atoms with Crippen LogP contribution in [0.5, 0.6) is 0 Å². The largest absolute Gasteiger partial charge is 0.311 e. The van der Waals surface area contributed by atoms with Gasteiger partial charge in [0, 0.05) is 24.2 Å². The highest BCUT2D eigenvalue weighted by Gasteiger charge is 2.43. The number of anilines is 1. The molecule has 180 valence electrons. The number of fused-ring (bicyclic) bond motifs is 4. The molecule has 2 unspecified atom stereocenters. The molecule has 0 radical (unpaired) electrons. The van der Waals surface area contributed by atoms with Gasteiger partial charge in [-0.3, -0.25) is 14.6 Å². The van der Waals surface area contributed by atoms with E-state index < -0.39 is 6.04 Å². The normalized spacial score (nSPS) is 18.8. The van der Waals surface area contributed by atoms with Gasteiger partial charge in [-0.1, -0.05) is 79.3 Å². The van der Waals surface area contributed by atoms with Crippen molar-refractivity contribution in [2.45, 2.75) is 37.5 Å². The van der Waals surface area contributed by atoms with Crippen molar-refractivity contribution in [1.82, 2.24) is 4.90 Å². The Balaban J connectivity index is 1.31. The summed E-state index contributed by atoms with van der Waals surface area (Å²) in [5, 5.41) is 0.170. The van der Waals surface area contributed by atoms with E-state index in [0.717, 1.165) is 28.9 Å². The van der Waals surface area contributed by atoms with E-state index in [-0.39, 0.29) is 17.1 Å². The predicted octanol–water partition coefficient (Wildman–Crippen LogP) is 4.99. The van der Waals surface area contributed by atoms with Gasteiger partial charge in [0.05, 0.1) is 10.9 Å². The van der Waals surface area contributed by atoms with Gasteiger partial charge < -0.3 is 4.90 Å². The van der Waals surface area contributed by atoms with Crippen LogP contribution in [-0.4, -0.2) is 45.6 Å². The maximum atomic E-state index is 13.7. The van der Waals surface area contributed by atoms with Crippen molar-refractivity contribution >= 4 is 46.0 Å². The number of para-hydroxylation sites is 2. The molecular formula is C29H26N4O2S. The van der Waals surface area contributed by atoms with E-state index in [1.165, 1.54) is 17.3 Å². The minimum atomic E-state index is -0.513. The summed E-state index contributed by atoms with van der Waals surface area (Å²) < 4.78 is 0. The zero-order chi connectivity index (χ0) is 24.6. The standard InChI is InChI=1S/C29H26N4O2S/c1-2-25(28(35)32-17-16-20-12-6-9-15-24(20)32)36-29-31-22-14-8-7-13-21(22)26-30-23(27(34)33(26)29)18-19-10-4-3-5-11-19/h3-15,23,25H,2,16-18H2,1H3. The van der Waals surface area contributed by atoms with Gasteiger partial charge in [0.15, 0.2) is 5.17 Å². The van der Waals surface area contributed by atoms with E-state index in [0.29, 0.717) is 30.4 Å². The predicted molar refractivity (Wildman–Crippen MR) is 145 cm³/mol. The maximum Gasteiger partial charge on any atom is 0.259 e. The molecule has 36 heavy (non-hydrogen) atoms. The van der Waals surface area contributed by atoms with Crippen LogP contribution in [0.4, 0.5) is 11.4 Å². The molecule has 0 N–H and O–H groups in total. The fourth-order valence-corrected chi connectivity index (χ4v) is 6.11. The van der Waals surface area contributed by atoms with Gasteiger partial charge in [-0.25, -0.2) is 9.89 Å². The lowest BCUT2D eigenvalue weighted by Gasteiger charge is -2.29. The summed E-state index contributed by atoms with van der Waals surface area (Å²) in [6.45, 7) is 2.69. The van der Waals surface area contributed by atoms with Gasteiger partial charge >= 0.3 is 0 Å². The summed E-state index contributed by atoms with van der Waals surface area (Å²) in [6, 6.07) is 25.3. The van der Waals surface area contributed by atoms with E-state index in [1.807, 2.05) is 84.6 Å². The van der Waals surface area contributed by atoms with Crippen LogP contribution in [0.1, 0.15) is 30.0 Å². The Kier molecular flexibility index (Phi) is 5.93. The van der Waals surface area contributed by atoms with Crippen LogP contribution in [0, 0.1) is 0 Å². The zero-order valence-corrected chi connectivity index (χ0v) is 20.8. The van der Waals surface area contributed by atoms with Crippen molar-refractivity contribution in [3.63, 3.8) is 0 Å². The van der Waals surface area contributed by atoms with Crippen LogP contribution in [0.3, 0.4) is 0 Å². The third-order valence-electron chi connectivity index (χ3n) is 6.87. The average Bonchev–Trinajstić information content (AvgIpc) is 3.49. The molecule has 0 saturated heterocycles. The molecule has 3 aliphatic heterocycles. The lowest BCUT2D eigenvalue weighted by Crippen LogP contribution is -2.44. The lowest BCUT2D eigenvalue weighted by atomic mass is 10.1. The maximum absolute atomic E-state index is 13.7. The first-order chi connectivity index (χ1) is 17.6. The van der Waals surface area contributed by atoms with Crippen LogP contribution in [0.25, 0.3) is 0 Å². The first-order valence-corrected chi connectivity index (χ1v) is 13.2. The molecule has 3 heterocycles.